The highest BCUT2D eigenvalue weighted by molar-refractivity contribution is 8.76. The first kappa shape index (κ1) is 18.5. The van der Waals surface area contributed by atoms with Gasteiger partial charge in [-0.05, 0) is 48.4 Å². The fourth-order valence-electron chi connectivity index (χ4n) is 2.24. The summed E-state index contributed by atoms with van der Waals surface area (Å²) in [5.41, 5.74) is 2.17. The van der Waals surface area contributed by atoms with Gasteiger partial charge in [0.2, 0.25) is 0 Å². The van der Waals surface area contributed by atoms with Gasteiger partial charge in [-0.25, -0.2) is 9.78 Å². The van der Waals surface area contributed by atoms with Gasteiger partial charge in [0.1, 0.15) is 5.03 Å². The van der Waals surface area contributed by atoms with Crippen molar-refractivity contribution in [1.82, 2.24) is 10.0 Å². The normalized spacial score (nSPS) is 14.0. The van der Waals surface area contributed by atoms with Crippen molar-refractivity contribution in [2.75, 3.05) is 0 Å². The Hall–Kier alpha value is -2.32. The van der Waals surface area contributed by atoms with Crippen LogP contribution >= 0.6 is 21.6 Å². The molecule has 0 unspecified atom stereocenters. The van der Waals surface area contributed by atoms with Gasteiger partial charge in [0.25, 0.3) is 11.8 Å². The van der Waals surface area contributed by atoms with Gasteiger partial charge >= 0.3 is 5.97 Å². The highest BCUT2D eigenvalue weighted by Crippen LogP contribution is 2.38. The molecular formula is C18H16N2O4S2. The van der Waals surface area contributed by atoms with Crippen LogP contribution < -0.4 is 0 Å². The molecule has 1 saturated heterocycles. The Kier molecular flexibility index (Phi) is 5.63. The third-order valence-corrected chi connectivity index (χ3v) is 5.96. The molecule has 1 aliphatic heterocycles. The number of imide groups is 1. The second kappa shape index (κ2) is 7.92. The topological polar surface area (TPSA) is 76.6 Å². The predicted octanol–water partition coefficient (Wildman–Crippen LogP) is 3.72. The van der Waals surface area contributed by atoms with E-state index in [1.54, 1.807) is 19.2 Å². The van der Waals surface area contributed by atoms with Crippen molar-refractivity contribution in [1.29, 1.82) is 0 Å². The molecular weight excluding hydrogens is 372 g/mol. The molecule has 1 aliphatic rings. The summed E-state index contributed by atoms with van der Waals surface area (Å²) < 4.78 is 0. The van der Waals surface area contributed by atoms with E-state index >= 15 is 0 Å². The van der Waals surface area contributed by atoms with Gasteiger partial charge in [0.15, 0.2) is 0 Å². The van der Waals surface area contributed by atoms with Crippen LogP contribution in [0.4, 0.5) is 0 Å². The lowest BCUT2D eigenvalue weighted by Crippen LogP contribution is -2.32. The van der Waals surface area contributed by atoms with Crippen LogP contribution in [-0.4, -0.2) is 27.8 Å². The third kappa shape index (κ3) is 4.25. The van der Waals surface area contributed by atoms with Crippen LogP contribution in [0.15, 0.2) is 46.5 Å². The molecule has 2 aromatic rings. The van der Waals surface area contributed by atoms with Crippen molar-refractivity contribution < 1.29 is 19.2 Å². The number of amides is 2. The first-order valence-electron chi connectivity index (χ1n) is 7.90. The maximum absolute atomic E-state index is 12.5. The average Bonchev–Trinajstić information content (AvgIpc) is 2.94. The second-order valence-electron chi connectivity index (χ2n) is 5.81. The van der Waals surface area contributed by atoms with E-state index in [0.29, 0.717) is 10.1 Å². The van der Waals surface area contributed by atoms with Gasteiger partial charge in [-0.15, -0.1) is 5.06 Å². The Balaban J connectivity index is 1.76. The second-order valence-corrected chi connectivity index (χ2v) is 8.00. The van der Waals surface area contributed by atoms with Crippen molar-refractivity contribution in [3.8, 4) is 0 Å². The van der Waals surface area contributed by atoms with E-state index in [2.05, 4.69) is 4.98 Å². The van der Waals surface area contributed by atoms with E-state index in [0.717, 1.165) is 16.0 Å². The number of hydrogen-bond donors (Lipinski definition) is 0. The molecule has 0 radical (unpaired) electrons. The largest absolute Gasteiger partial charge is 0.366 e. The minimum absolute atomic E-state index is 0.0586. The van der Waals surface area contributed by atoms with Crippen LogP contribution in [0, 0.1) is 13.8 Å². The lowest BCUT2D eigenvalue weighted by molar-refractivity contribution is -0.172. The fraction of sp³-hybridized carbons (Fsp3) is 0.222. The van der Waals surface area contributed by atoms with Crippen molar-refractivity contribution in [3.05, 3.63) is 53.2 Å². The summed E-state index contributed by atoms with van der Waals surface area (Å²) in [6, 6.07) is 9.62. The standard InChI is InChI=1S/C18H16N2O4S2/c1-11-3-5-13(6-4-11)25-26-17-14(9-12(2)10-19-17)18(23)24-20-15(21)7-8-16(20)22/h3-6,9-10H,7-8H2,1-2H3. The highest BCUT2D eigenvalue weighted by Gasteiger charge is 2.33. The number of rotatable bonds is 5. The SMILES string of the molecule is Cc1ccc(SSc2ncc(C)cc2C(=O)ON2C(=O)CCC2=O)cc1. The van der Waals surface area contributed by atoms with E-state index in [1.165, 1.54) is 21.6 Å². The molecule has 26 heavy (non-hydrogen) atoms. The Morgan fingerprint density at radius 1 is 1.04 bits per heavy atom. The molecule has 0 saturated carbocycles. The molecule has 1 aromatic heterocycles. The monoisotopic (exact) mass is 388 g/mol. The number of benzene rings is 1. The first-order valence-corrected chi connectivity index (χ1v) is 10.0. The zero-order valence-corrected chi connectivity index (χ0v) is 15.9. The van der Waals surface area contributed by atoms with Crippen LogP contribution in [0.25, 0.3) is 0 Å². The molecule has 2 heterocycles. The summed E-state index contributed by atoms with van der Waals surface area (Å²) in [5, 5.41) is 1.01. The quantitative estimate of drug-likeness (QED) is 0.571. The van der Waals surface area contributed by atoms with Crippen LogP contribution in [0.2, 0.25) is 0 Å². The van der Waals surface area contributed by atoms with Crippen molar-refractivity contribution in [3.63, 3.8) is 0 Å². The number of nitrogens with zero attached hydrogens (tertiary/aromatic N) is 2. The van der Waals surface area contributed by atoms with Crippen molar-refractivity contribution in [2.45, 2.75) is 36.6 Å². The predicted molar refractivity (Wildman–Crippen MR) is 98.4 cm³/mol. The number of hydrogen-bond acceptors (Lipinski definition) is 7. The smallest absolute Gasteiger partial charge is 0.325 e. The van der Waals surface area contributed by atoms with Crippen molar-refractivity contribution >= 4 is 39.4 Å². The lowest BCUT2D eigenvalue weighted by Gasteiger charge is -2.14. The van der Waals surface area contributed by atoms with Gasteiger partial charge in [-0.1, -0.05) is 28.5 Å². The van der Waals surface area contributed by atoms with Gasteiger partial charge in [-0.2, -0.15) is 0 Å². The Morgan fingerprint density at radius 3 is 2.35 bits per heavy atom. The highest BCUT2D eigenvalue weighted by atomic mass is 33.1. The van der Waals surface area contributed by atoms with E-state index in [-0.39, 0.29) is 18.4 Å². The molecule has 1 aromatic carbocycles. The molecule has 0 bridgehead atoms. The number of aromatic nitrogens is 1. The van der Waals surface area contributed by atoms with Crippen LogP contribution in [-0.2, 0) is 14.4 Å². The molecule has 6 nitrogen and oxygen atoms in total. The molecule has 2 amide bonds. The Morgan fingerprint density at radius 2 is 1.69 bits per heavy atom. The van der Waals surface area contributed by atoms with Gasteiger partial charge in [0, 0.05) is 23.9 Å². The van der Waals surface area contributed by atoms with Gasteiger partial charge < -0.3 is 4.84 Å². The van der Waals surface area contributed by atoms with Crippen molar-refractivity contribution in [2.24, 2.45) is 0 Å². The number of pyridine rings is 1. The number of carbonyl (C=O) groups is 3. The Bertz CT molecular complexity index is 852. The molecule has 8 heteroatoms. The molecule has 1 fully saturated rings. The van der Waals surface area contributed by atoms with E-state index < -0.39 is 17.8 Å². The zero-order chi connectivity index (χ0) is 18.7. The van der Waals surface area contributed by atoms with E-state index in [1.807, 2.05) is 31.2 Å². The van der Waals surface area contributed by atoms with Gasteiger partial charge in [0.05, 0.1) is 5.56 Å². The average molecular weight is 388 g/mol. The Labute approximate surface area is 158 Å². The maximum atomic E-state index is 12.5. The molecule has 0 spiro atoms. The maximum Gasteiger partial charge on any atom is 0.366 e. The molecule has 3 rings (SSSR count). The molecule has 134 valence electrons. The van der Waals surface area contributed by atoms with E-state index in [4.69, 9.17) is 4.84 Å². The van der Waals surface area contributed by atoms with Gasteiger partial charge in [-0.3, -0.25) is 9.59 Å². The summed E-state index contributed by atoms with van der Waals surface area (Å²) >= 11 is 0. The minimum Gasteiger partial charge on any atom is -0.325 e. The molecule has 0 atom stereocenters. The lowest BCUT2D eigenvalue weighted by atomic mass is 10.2. The molecule has 0 aliphatic carbocycles. The summed E-state index contributed by atoms with van der Waals surface area (Å²) in [6.45, 7) is 3.82. The van der Waals surface area contributed by atoms with Crippen LogP contribution in [0.3, 0.4) is 0 Å². The fourth-order valence-corrected chi connectivity index (χ4v) is 4.25. The van der Waals surface area contributed by atoms with Crippen LogP contribution in [0.5, 0.6) is 0 Å². The number of hydroxylamine groups is 2. The van der Waals surface area contributed by atoms with E-state index in [9.17, 15) is 14.4 Å². The number of aryl methyl sites for hydroxylation is 2. The zero-order valence-electron chi connectivity index (χ0n) is 14.2. The summed E-state index contributed by atoms with van der Waals surface area (Å²) in [4.78, 5) is 46.1. The minimum atomic E-state index is -0.767. The summed E-state index contributed by atoms with van der Waals surface area (Å²) in [7, 11) is 2.78. The summed E-state index contributed by atoms with van der Waals surface area (Å²) in [6.07, 6.45) is 1.77. The summed E-state index contributed by atoms with van der Waals surface area (Å²) in [5.74, 6) is -1.78. The molecule has 0 N–H and O–H groups in total. The first-order chi connectivity index (χ1) is 12.4. The third-order valence-electron chi connectivity index (χ3n) is 3.63. The van der Waals surface area contributed by atoms with Crippen LogP contribution in [0.1, 0.15) is 34.3 Å². The number of carbonyl (C=O) groups excluding carboxylic acids is 3.